The molecule has 0 spiro atoms. The number of halogens is 1. The Balaban J connectivity index is 2.77. The van der Waals surface area contributed by atoms with Crippen molar-refractivity contribution >= 4 is 0 Å². The van der Waals surface area contributed by atoms with Crippen molar-refractivity contribution in [3.63, 3.8) is 0 Å². The summed E-state index contributed by atoms with van der Waals surface area (Å²) in [6, 6.07) is 6.82. The predicted octanol–water partition coefficient (Wildman–Crippen LogP) is 4.41. The second-order valence-electron chi connectivity index (χ2n) is 6.01. The maximum atomic E-state index is 14.3. The highest BCUT2D eigenvalue weighted by Gasteiger charge is 2.30. The molecule has 0 unspecified atom stereocenters. The fourth-order valence-electron chi connectivity index (χ4n) is 2.51. The van der Waals surface area contributed by atoms with Crippen molar-refractivity contribution in [2.45, 2.75) is 46.6 Å². The molecule has 0 atom stereocenters. The highest BCUT2D eigenvalue weighted by Crippen LogP contribution is 2.40. The van der Waals surface area contributed by atoms with Gasteiger partial charge in [0.15, 0.2) is 0 Å². The number of rotatable bonds is 4. The van der Waals surface area contributed by atoms with E-state index in [1.165, 1.54) is 6.07 Å². The number of aromatic nitrogens is 2. The van der Waals surface area contributed by atoms with Crippen LogP contribution < -0.4 is 4.74 Å². The van der Waals surface area contributed by atoms with Crippen molar-refractivity contribution in [1.29, 1.82) is 0 Å². The van der Waals surface area contributed by atoms with Gasteiger partial charge >= 0.3 is 0 Å². The lowest BCUT2D eigenvalue weighted by Gasteiger charge is -2.21. The summed E-state index contributed by atoms with van der Waals surface area (Å²) in [7, 11) is 0. The summed E-state index contributed by atoms with van der Waals surface area (Å²) in [5, 5.41) is 4.53. The Morgan fingerprint density at radius 3 is 2.38 bits per heavy atom. The normalized spacial score (nSPS) is 11.7. The van der Waals surface area contributed by atoms with E-state index < -0.39 is 0 Å². The second kappa shape index (κ2) is 5.88. The predicted molar refractivity (Wildman–Crippen MR) is 83.2 cm³/mol. The van der Waals surface area contributed by atoms with Crippen molar-refractivity contribution in [2.24, 2.45) is 0 Å². The van der Waals surface area contributed by atoms with Gasteiger partial charge in [-0.1, -0.05) is 32.9 Å². The van der Waals surface area contributed by atoms with Crippen molar-refractivity contribution in [3.05, 3.63) is 35.6 Å². The van der Waals surface area contributed by atoms with E-state index in [-0.39, 0.29) is 11.2 Å². The molecule has 1 heterocycles. The molecule has 0 aliphatic carbocycles. The molecule has 0 saturated carbocycles. The summed E-state index contributed by atoms with van der Waals surface area (Å²) >= 11 is 0. The molecule has 21 heavy (non-hydrogen) atoms. The average molecular weight is 290 g/mol. The molecule has 1 aromatic heterocycles. The van der Waals surface area contributed by atoms with E-state index >= 15 is 0 Å². The largest absolute Gasteiger partial charge is 0.477 e. The van der Waals surface area contributed by atoms with Gasteiger partial charge in [0.25, 0.3) is 0 Å². The minimum absolute atomic E-state index is 0.185. The zero-order valence-corrected chi connectivity index (χ0v) is 13.4. The molecular weight excluding hydrogens is 267 g/mol. The van der Waals surface area contributed by atoms with Gasteiger partial charge in [-0.05, 0) is 31.4 Å². The van der Waals surface area contributed by atoms with E-state index in [4.69, 9.17) is 4.74 Å². The van der Waals surface area contributed by atoms with Crippen LogP contribution in [0.5, 0.6) is 5.88 Å². The third-order valence-corrected chi connectivity index (χ3v) is 3.38. The molecule has 0 N–H and O–H groups in total. The van der Waals surface area contributed by atoms with Crippen LogP contribution >= 0.6 is 0 Å². The smallest absolute Gasteiger partial charge is 0.237 e. The standard InChI is InChI=1S/C17H23FN2O/c1-6-20-15(12-10-8-9-11-13(12)18)14(17(3,4)5)16(19-20)21-7-2/h8-11H,6-7H2,1-5H3. The first-order valence-corrected chi connectivity index (χ1v) is 7.39. The monoisotopic (exact) mass is 290 g/mol. The van der Waals surface area contributed by atoms with Gasteiger partial charge in [0.05, 0.1) is 12.3 Å². The lowest BCUT2D eigenvalue weighted by molar-refractivity contribution is 0.313. The SMILES string of the molecule is CCOc1nn(CC)c(-c2ccccc2F)c1C(C)(C)C. The van der Waals surface area contributed by atoms with Gasteiger partial charge in [-0.15, -0.1) is 5.10 Å². The fourth-order valence-corrected chi connectivity index (χ4v) is 2.51. The van der Waals surface area contributed by atoms with Gasteiger partial charge in [0, 0.05) is 17.7 Å². The summed E-state index contributed by atoms with van der Waals surface area (Å²) in [6.07, 6.45) is 0. The zero-order chi connectivity index (χ0) is 15.6. The minimum atomic E-state index is -0.236. The van der Waals surface area contributed by atoms with Crippen molar-refractivity contribution in [1.82, 2.24) is 9.78 Å². The molecule has 3 nitrogen and oxygen atoms in total. The number of hydrogen-bond acceptors (Lipinski definition) is 2. The number of hydrogen-bond donors (Lipinski definition) is 0. The Hall–Kier alpha value is -1.84. The van der Waals surface area contributed by atoms with E-state index in [1.54, 1.807) is 12.1 Å². The van der Waals surface area contributed by atoms with E-state index in [0.717, 1.165) is 11.3 Å². The summed E-state index contributed by atoms with van der Waals surface area (Å²) in [6.45, 7) is 11.4. The Kier molecular flexibility index (Phi) is 4.35. The Labute approximate surface area is 125 Å². The van der Waals surface area contributed by atoms with Crippen LogP contribution in [0.1, 0.15) is 40.2 Å². The lowest BCUT2D eigenvalue weighted by atomic mass is 9.85. The van der Waals surface area contributed by atoms with Crippen molar-refractivity contribution in [3.8, 4) is 17.1 Å². The van der Waals surface area contributed by atoms with Crippen LogP contribution in [0.15, 0.2) is 24.3 Å². The van der Waals surface area contributed by atoms with Crippen LogP contribution in [-0.4, -0.2) is 16.4 Å². The van der Waals surface area contributed by atoms with E-state index in [9.17, 15) is 4.39 Å². The number of benzene rings is 1. The second-order valence-corrected chi connectivity index (χ2v) is 6.01. The summed E-state index contributed by atoms with van der Waals surface area (Å²) < 4.78 is 21.8. The molecule has 0 aliphatic rings. The first-order valence-electron chi connectivity index (χ1n) is 7.39. The Morgan fingerprint density at radius 1 is 1.19 bits per heavy atom. The van der Waals surface area contributed by atoms with E-state index in [2.05, 4.69) is 25.9 Å². The van der Waals surface area contributed by atoms with Crippen LogP contribution in [0.3, 0.4) is 0 Å². The van der Waals surface area contributed by atoms with Crippen LogP contribution in [0.4, 0.5) is 4.39 Å². The van der Waals surface area contributed by atoms with Gasteiger partial charge in [-0.3, -0.25) is 4.68 Å². The molecule has 0 radical (unpaired) electrons. The molecule has 2 aromatic rings. The summed E-state index contributed by atoms with van der Waals surface area (Å²) in [5.41, 5.74) is 2.15. The average Bonchev–Trinajstić information content (AvgIpc) is 2.78. The Morgan fingerprint density at radius 2 is 1.86 bits per heavy atom. The highest BCUT2D eigenvalue weighted by molar-refractivity contribution is 5.68. The van der Waals surface area contributed by atoms with Gasteiger partial charge in [-0.2, -0.15) is 0 Å². The first-order chi connectivity index (χ1) is 9.90. The molecule has 0 aliphatic heterocycles. The molecule has 114 valence electrons. The zero-order valence-electron chi connectivity index (χ0n) is 13.4. The van der Waals surface area contributed by atoms with Crippen LogP contribution in [0.25, 0.3) is 11.3 Å². The molecule has 0 saturated heterocycles. The number of ether oxygens (including phenoxy) is 1. The summed E-state index contributed by atoms with van der Waals surface area (Å²) in [4.78, 5) is 0. The quantitative estimate of drug-likeness (QED) is 0.834. The maximum absolute atomic E-state index is 14.3. The van der Waals surface area contributed by atoms with E-state index in [0.29, 0.717) is 24.6 Å². The molecule has 2 rings (SSSR count). The highest BCUT2D eigenvalue weighted by atomic mass is 19.1. The van der Waals surface area contributed by atoms with Crippen molar-refractivity contribution in [2.75, 3.05) is 6.61 Å². The molecule has 0 amide bonds. The topological polar surface area (TPSA) is 27.1 Å². The number of nitrogens with zero attached hydrogens (tertiary/aromatic N) is 2. The molecule has 0 fully saturated rings. The van der Waals surface area contributed by atoms with Crippen LogP contribution in [0.2, 0.25) is 0 Å². The third-order valence-electron chi connectivity index (χ3n) is 3.38. The van der Waals surface area contributed by atoms with Crippen LogP contribution in [0, 0.1) is 5.82 Å². The fraction of sp³-hybridized carbons (Fsp3) is 0.471. The summed E-state index contributed by atoms with van der Waals surface area (Å²) in [5.74, 6) is 0.366. The molecular formula is C17H23FN2O. The van der Waals surface area contributed by atoms with Gasteiger partial charge < -0.3 is 4.74 Å². The van der Waals surface area contributed by atoms with Crippen molar-refractivity contribution < 1.29 is 9.13 Å². The number of aryl methyl sites for hydroxylation is 1. The third kappa shape index (κ3) is 2.94. The minimum Gasteiger partial charge on any atom is -0.477 e. The molecule has 0 bridgehead atoms. The lowest BCUT2D eigenvalue weighted by Crippen LogP contribution is -2.14. The van der Waals surface area contributed by atoms with E-state index in [1.807, 2.05) is 24.6 Å². The Bertz CT molecular complexity index is 626. The molecule has 4 heteroatoms. The maximum Gasteiger partial charge on any atom is 0.237 e. The van der Waals surface area contributed by atoms with Gasteiger partial charge in [0.1, 0.15) is 5.82 Å². The van der Waals surface area contributed by atoms with Gasteiger partial charge in [-0.25, -0.2) is 4.39 Å². The van der Waals surface area contributed by atoms with Gasteiger partial charge in [0.2, 0.25) is 5.88 Å². The van der Waals surface area contributed by atoms with Crippen LogP contribution in [-0.2, 0) is 12.0 Å². The molecule has 1 aromatic carbocycles. The first kappa shape index (κ1) is 15.5.